The molecule has 1 aliphatic carbocycles. The van der Waals surface area contributed by atoms with Gasteiger partial charge in [0.15, 0.2) is 0 Å². The van der Waals surface area contributed by atoms with Crippen LogP contribution in [0.2, 0.25) is 0 Å². The van der Waals surface area contributed by atoms with E-state index in [4.69, 9.17) is 10.2 Å². The maximum atomic E-state index is 11.8. The second-order valence-corrected chi connectivity index (χ2v) is 9.31. The molecule has 1 fully saturated rings. The zero-order valence-corrected chi connectivity index (χ0v) is 18.5. The van der Waals surface area contributed by atoms with Gasteiger partial charge in [-0.3, -0.25) is 14.2 Å². The van der Waals surface area contributed by atoms with Crippen molar-refractivity contribution in [1.29, 1.82) is 0 Å². The third-order valence-corrected chi connectivity index (χ3v) is 7.50. The molecule has 2 aliphatic heterocycles. The van der Waals surface area contributed by atoms with E-state index in [9.17, 15) is 4.79 Å². The molecule has 2 aromatic heterocycles. The zero-order valence-electron chi connectivity index (χ0n) is 16.3. The molecule has 1 saturated heterocycles. The highest BCUT2D eigenvalue weighted by atomic mass is 127. The van der Waals surface area contributed by atoms with Gasteiger partial charge < -0.3 is 10.2 Å². The van der Waals surface area contributed by atoms with Crippen LogP contribution in [0.15, 0.2) is 6.20 Å². The Morgan fingerprint density at radius 1 is 1.14 bits per heavy atom. The Hall–Kier alpha value is -1.42. The van der Waals surface area contributed by atoms with Crippen LogP contribution in [0.4, 0.5) is 0 Å². The number of rotatable bonds is 2. The van der Waals surface area contributed by atoms with Gasteiger partial charge in [-0.15, -0.1) is 0 Å². The number of fused-ring (bicyclic) bond motifs is 2. The van der Waals surface area contributed by atoms with E-state index in [2.05, 4.69) is 43.5 Å². The number of hydrogen-bond acceptors (Lipinski definition) is 4. The van der Waals surface area contributed by atoms with Crippen molar-refractivity contribution in [3.05, 3.63) is 32.4 Å². The van der Waals surface area contributed by atoms with Gasteiger partial charge in [-0.2, -0.15) is 10.2 Å². The molecular weight excluding hydrogens is 467 g/mol. The summed E-state index contributed by atoms with van der Waals surface area (Å²) in [6, 6.07) is 0.955. The van der Waals surface area contributed by atoms with E-state index in [1.54, 1.807) is 6.92 Å². The Morgan fingerprint density at radius 3 is 2.75 bits per heavy atom. The van der Waals surface area contributed by atoms with E-state index in [0.717, 1.165) is 49.0 Å². The largest absolute Gasteiger partial charge is 0.338 e. The van der Waals surface area contributed by atoms with Gasteiger partial charge >= 0.3 is 0 Å². The standard InChI is InChI=1S/C20H27IN6O/c1-13(28)25-9-6-19-17(12-25)20(21)24-27(19)16-2-3-18-14(10-16)11-23-26(18)15-4-7-22-8-5-15/h11,15-16,22H,2-10,12H2,1H3. The molecule has 1 unspecified atom stereocenters. The number of nitrogens with zero attached hydrogens (tertiary/aromatic N) is 5. The van der Waals surface area contributed by atoms with Crippen LogP contribution in [0.1, 0.15) is 60.8 Å². The third kappa shape index (κ3) is 3.18. The summed E-state index contributed by atoms with van der Waals surface area (Å²) in [5, 5.41) is 13.1. The summed E-state index contributed by atoms with van der Waals surface area (Å²) in [6.07, 6.45) is 8.56. The van der Waals surface area contributed by atoms with E-state index in [1.807, 2.05) is 4.90 Å². The lowest BCUT2D eigenvalue weighted by molar-refractivity contribution is -0.129. The van der Waals surface area contributed by atoms with Gasteiger partial charge in [0.1, 0.15) is 3.70 Å². The van der Waals surface area contributed by atoms with Crippen LogP contribution >= 0.6 is 22.6 Å². The maximum Gasteiger partial charge on any atom is 0.219 e. The normalized spacial score (nSPS) is 22.8. The van der Waals surface area contributed by atoms with E-state index in [0.29, 0.717) is 18.6 Å². The summed E-state index contributed by atoms with van der Waals surface area (Å²) < 4.78 is 5.65. The zero-order chi connectivity index (χ0) is 19.3. The van der Waals surface area contributed by atoms with Gasteiger partial charge in [-0.1, -0.05) is 0 Å². The Morgan fingerprint density at radius 2 is 1.96 bits per heavy atom. The molecule has 1 amide bonds. The van der Waals surface area contributed by atoms with Crippen molar-refractivity contribution in [2.75, 3.05) is 19.6 Å². The molecule has 3 aliphatic rings. The lowest BCUT2D eigenvalue weighted by atomic mass is 9.92. The van der Waals surface area contributed by atoms with Crippen LogP contribution in [0.5, 0.6) is 0 Å². The average Bonchev–Trinajstić information content (AvgIpc) is 3.29. The topological polar surface area (TPSA) is 68.0 Å². The SMILES string of the molecule is CC(=O)N1CCc2c(c(I)nn2C2CCc3c(cnn3C3CCNCC3)C2)C1. The molecule has 0 saturated carbocycles. The molecule has 5 rings (SSSR count). The molecular formula is C20H27IN6O. The molecule has 0 bridgehead atoms. The lowest BCUT2D eigenvalue weighted by Gasteiger charge is -2.30. The molecule has 8 heteroatoms. The molecule has 1 atom stereocenters. The number of carbonyl (C=O) groups is 1. The van der Waals surface area contributed by atoms with E-state index < -0.39 is 0 Å². The number of piperidine rings is 1. The number of nitrogens with one attached hydrogen (secondary N) is 1. The highest BCUT2D eigenvalue weighted by Crippen LogP contribution is 2.34. The second-order valence-electron chi connectivity index (χ2n) is 8.29. The first-order chi connectivity index (χ1) is 13.6. The van der Waals surface area contributed by atoms with Crippen molar-refractivity contribution in [3.8, 4) is 0 Å². The minimum Gasteiger partial charge on any atom is -0.338 e. The van der Waals surface area contributed by atoms with Gasteiger partial charge in [0.2, 0.25) is 5.91 Å². The van der Waals surface area contributed by atoms with Gasteiger partial charge in [-0.25, -0.2) is 0 Å². The summed E-state index contributed by atoms with van der Waals surface area (Å²) in [5.41, 5.74) is 5.43. The molecule has 1 N–H and O–H groups in total. The Balaban J connectivity index is 1.38. The first-order valence-corrected chi connectivity index (χ1v) is 11.5. The summed E-state index contributed by atoms with van der Waals surface area (Å²) in [5.74, 6) is 0.154. The Kier molecular flexibility index (Phi) is 4.94. The molecule has 4 heterocycles. The summed E-state index contributed by atoms with van der Waals surface area (Å²) >= 11 is 2.33. The predicted octanol–water partition coefficient (Wildman–Crippen LogP) is 2.24. The first kappa shape index (κ1) is 18.6. The fourth-order valence-corrected chi connectivity index (χ4v) is 5.79. The smallest absolute Gasteiger partial charge is 0.219 e. The Bertz CT molecular complexity index is 897. The van der Waals surface area contributed by atoms with Crippen molar-refractivity contribution in [3.63, 3.8) is 0 Å². The highest BCUT2D eigenvalue weighted by molar-refractivity contribution is 14.1. The Labute approximate surface area is 179 Å². The average molecular weight is 494 g/mol. The summed E-state index contributed by atoms with van der Waals surface area (Å²) in [7, 11) is 0. The van der Waals surface area contributed by atoms with E-state index in [1.165, 1.54) is 35.4 Å². The first-order valence-electron chi connectivity index (χ1n) is 10.4. The van der Waals surface area contributed by atoms with Crippen LogP contribution in [0.25, 0.3) is 0 Å². The third-order valence-electron chi connectivity index (χ3n) is 6.64. The predicted molar refractivity (Wildman–Crippen MR) is 114 cm³/mol. The molecule has 7 nitrogen and oxygen atoms in total. The van der Waals surface area contributed by atoms with Gasteiger partial charge in [0.05, 0.1) is 24.8 Å². The van der Waals surface area contributed by atoms with Crippen LogP contribution in [-0.4, -0.2) is 50.0 Å². The van der Waals surface area contributed by atoms with Crippen LogP contribution in [0.3, 0.4) is 0 Å². The number of halogens is 1. The number of amides is 1. The number of carbonyl (C=O) groups excluding carboxylic acids is 1. The fourth-order valence-electron chi connectivity index (χ4n) is 5.08. The van der Waals surface area contributed by atoms with Crippen LogP contribution < -0.4 is 5.32 Å². The van der Waals surface area contributed by atoms with Crippen molar-refractivity contribution >= 4 is 28.5 Å². The van der Waals surface area contributed by atoms with E-state index in [-0.39, 0.29) is 5.91 Å². The van der Waals surface area contributed by atoms with Crippen LogP contribution in [-0.2, 0) is 30.6 Å². The van der Waals surface area contributed by atoms with Crippen molar-refractivity contribution in [2.45, 2.75) is 64.1 Å². The highest BCUT2D eigenvalue weighted by Gasteiger charge is 2.31. The van der Waals surface area contributed by atoms with E-state index >= 15 is 0 Å². The van der Waals surface area contributed by atoms with Gasteiger partial charge in [0, 0.05) is 36.8 Å². The molecule has 2 aromatic rings. The minimum atomic E-state index is 0.154. The lowest BCUT2D eigenvalue weighted by Crippen LogP contribution is -2.35. The van der Waals surface area contributed by atoms with Crippen LogP contribution in [0, 0.1) is 3.70 Å². The molecule has 0 radical (unpaired) electrons. The number of hydrogen-bond donors (Lipinski definition) is 1. The molecule has 0 spiro atoms. The second kappa shape index (κ2) is 7.44. The van der Waals surface area contributed by atoms with Gasteiger partial charge in [0.25, 0.3) is 0 Å². The quantitative estimate of drug-likeness (QED) is 0.651. The monoisotopic (exact) mass is 494 g/mol. The summed E-state index contributed by atoms with van der Waals surface area (Å²) in [6.45, 7) is 5.35. The molecule has 150 valence electrons. The molecule has 0 aromatic carbocycles. The van der Waals surface area contributed by atoms with Crippen molar-refractivity contribution in [2.24, 2.45) is 0 Å². The maximum absolute atomic E-state index is 11.8. The fraction of sp³-hybridized carbons (Fsp3) is 0.650. The summed E-state index contributed by atoms with van der Waals surface area (Å²) in [4.78, 5) is 13.7. The van der Waals surface area contributed by atoms with Crippen molar-refractivity contribution in [1.82, 2.24) is 29.8 Å². The molecule has 28 heavy (non-hydrogen) atoms. The number of aromatic nitrogens is 4. The van der Waals surface area contributed by atoms with Gasteiger partial charge in [-0.05, 0) is 73.3 Å². The minimum absolute atomic E-state index is 0.154. The van der Waals surface area contributed by atoms with Crippen molar-refractivity contribution < 1.29 is 4.79 Å².